The molecule has 0 radical (unpaired) electrons. The van der Waals surface area contributed by atoms with Crippen LogP contribution in [0.3, 0.4) is 0 Å². The second-order valence-electron chi connectivity index (χ2n) is 6.89. The number of fused-ring (bicyclic) bond motifs is 3. The van der Waals surface area contributed by atoms with Gasteiger partial charge < -0.3 is 5.11 Å². The van der Waals surface area contributed by atoms with Gasteiger partial charge in [0.1, 0.15) is 0 Å². The zero-order valence-electron chi connectivity index (χ0n) is 14.7. The van der Waals surface area contributed by atoms with Gasteiger partial charge in [-0.05, 0) is 40.8 Å². The Hall–Kier alpha value is -1.92. The Morgan fingerprint density at radius 1 is 0.926 bits per heavy atom. The first-order valence-corrected chi connectivity index (χ1v) is 9.74. The van der Waals surface area contributed by atoms with Crippen molar-refractivity contribution in [2.24, 2.45) is 0 Å². The average molecular weight is 396 g/mol. The Kier molecular flexibility index (Phi) is 4.31. The molecule has 0 saturated heterocycles. The number of Topliss-reactive ketones (excluding diaryl/α,β-unsaturated/α-hetero) is 1. The van der Waals surface area contributed by atoms with Gasteiger partial charge in [0.25, 0.3) is 0 Å². The topological polar surface area (TPSA) is 37.3 Å². The molecule has 1 aliphatic rings. The van der Waals surface area contributed by atoms with Crippen molar-refractivity contribution < 1.29 is 14.3 Å². The second kappa shape index (κ2) is 6.31. The van der Waals surface area contributed by atoms with Crippen molar-refractivity contribution in [3.8, 4) is 22.3 Å². The van der Waals surface area contributed by atoms with Gasteiger partial charge in [-0.25, -0.2) is 4.39 Å². The maximum atomic E-state index is 15.2. The smallest absolute Gasteiger partial charge is 0.172 e. The molecule has 0 aromatic heterocycles. The first-order chi connectivity index (χ1) is 12.7. The number of alkyl halides is 1. The minimum absolute atomic E-state index is 0.0402. The zero-order chi connectivity index (χ0) is 19.4. The first kappa shape index (κ1) is 18.4. The van der Waals surface area contributed by atoms with Gasteiger partial charge in [-0.2, -0.15) is 0 Å². The van der Waals surface area contributed by atoms with Gasteiger partial charge in [-0.15, -0.1) is 0 Å². The summed E-state index contributed by atoms with van der Waals surface area (Å²) in [4.78, 5) is 12.0. The summed E-state index contributed by atoms with van der Waals surface area (Å²) in [5.74, 6) is -0.0402. The fraction of sp³-hybridized carbons (Fsp3) is 0.136. The Morgan fingerprint density at radius 3 is 2.19 bits per heavy atom. The number of aliphatic hydroxyl groups is 1. The Balaban J connectivity index is 2.00. The van der Waals surface area contributed by atoms with Crippen LogP contribution in [-0.2, 0) is 5.60 Å². The van der Waals surface area contributed by atoms with E-state index >= 15 is 4.39 Å². The molecule has 3 aromatic carbocycles. The molecule has 0 amide bonds. The van der Waals surface area contributed by atoms with Gasteiger partial charge in [0.2, 0.25) is 0 Å². The monoisotopic (exact) mass is 396 g/mol. The van der Waals surface area contributed by atoms with E-state index in [1.165, 1.54) is 6.92 Å². The summed E-state index contributed by atoms with van der Waals surface area (Å²) >= 11 is 0. The maximum absolute atomic E-state index is 15.2. The molecule has 0 spiro atoms. The van der Waals surface area contributed by atoms with Crippen LogP contribution in [0.2, 0.25) is 0 Å². The molecule has 1 N–H and O–H groups in total. The highest BCUT2D eigenvalue weighted by atomic mass is 31.1. The number of ketones is 1. The minimum Gasteiger partial charge on any atom is -0.376 e. The summed E-state index contributed by atoms with van der Waals surface area (Å²) in [7, 11) is 4.19. The highest BCUT2D eigenvalue weighted by molar-refractivity contribution is 7.39. The molecule has 0 heterocycles. The summed E-state index contributed by atoms with van der Waals surface area (Å²) < 4.78 is 15.2. The number of carbonyl (C=O) groups is 1. The molecule has 136 valence electrons. The highest BCUT2D eigenvalue weighted by Gasteiger charge is 2.53. The SMILES string of the molecule is CC(=O)c1ccccc1-c1ccc2c(c1)C(O)(C(F)(P)P)c1ccccc1-2. The molecule has 3 aromatic rings. The molecule has 4 rings (SSSR count). The van der Waals surface area contributed by atoms with E-state index in [-0.39, 0.29) is 5.78 Å². The molecule has 2 nitrogen and oxygen atoms in total. The lowest BCUT2D eigenvalue weighted by Gasteiger charge is -2.35. The second-order valence-corrected chi connectivity index (χ2v) is 9.23. The number of hydrogen-bond donors (Lipinski definition) is 1. The summed E-state index contributed by atoms with van der Waals surface area (Å²) in [6.45, 7) is 1.52. The average Bonchev–Trinajstić information content (AvgIpc) is 2.91. The normalized spacial score (nSPS) is 18.1. The van der Waals surface area contributed by atoms with E-state index in [4.69, 9.17) is 0 Å². The van der Waals surface area contributed by atoms with Crippen LogP contribution in [0.5, 0.6) is 0 Å². The summed E-state index contributed by atoms with van der Waals surface area (Å²) in [5.41, 5.74) is 2.94. The van der Waals surface area contributed by atoms with Gasteiger partial charge in [0.15, 0.2) is 16.5 Å². The van der Waals surface area contributed by atoms with E-state index in [1.807, 2.05) is 42.5 Å². The van der Waals surface area contributed by atoms with E-state index in [1.54, 1.807) is 24.3 Å². The number of hydrogen-bond acceptors (Lipinski definition) is 2. The quantitative estimate of drug-likeness (QED) is 0.491. The molecule has 27 heavy (non-hydrogen) atoms. The van der Waals surface area contributed by atoms with Crippen LogP contribution in [-0.4, -0.2) is 16.0 Å². The Labute approximate surface area is 162 Å². The Bertz CT molecular complexity index is 1070. The van der Waals surface area contributed by atoms with E-state index in [2.05, 4.69) is 18.5 Å². The molecule has 3 unspecified atom stereocenters. The minimum atomic E-state index is -2.05. The van der Waals surface area contributed by atoms with Gasteiger partial charge in [0.05, 0.1) is 0 Å². The number of carbonyl (C=O) groups excluding carboxylic acids is 1. The van der Waals surface area contributed by atoms with Crippen LogP contribution in [0.1, 0.15) is 28.4 Å². The predicted octanol–water partition coefficient (Wildman–Crippen LogP) is 5.15. The van der Waals surface area contributed by atoms with E-state index in [0.29, 0.717) is 16.7 Å². The van der Waals surface area contributed by atoms with Crippen LogP contribution in [0.15, 0.2) is 66.7 Å². The van der Waals surface area contributed by atoms with Crippen LogP contribution in [0.4, 0.5) is 4.39 Å². The molecule has 5 heteroatoms. The largest absolute Gasteiger partial charge is 0.376 e. The molecule has 1 aliphatic carbocycles. The summed E-state index contributed by atoms with van der Waals surface area (Å²) in [6.07, 6.45) is 0. The van der Waals surface area contributed by atoms with Crippen molar-refractivity contribution in [2.75, 3.05) is 0 Å². The van der Waals surface area contributed by atoms with Crippen LogP contribution in [0, 0.1) is 0 Å². The van der Waals surface area contributed by atoms with Crippen molar-refractivity contribution >= 4 is 24.3 Å². The third kappa shape index (κ3) is 2.69. The lowest BCUT2D eigenvalue weighted by molar-refractivity contribution is 0.0229. The molecule has 0 fully saturated rings. The van der Waals surface area contributed by atoms with Crippen molar-refractivity contribution in [1.82, 2.24) is 0 Å². The van der Waals surface area contributed by atoms with Crippen LogP contribution < -0.4 is 0 Å². The number of rotatable bonds is 3. The van der Waals surface area contributed by atoms with Gasteiger partial charge in [0, 0.05) is 11.1 Å². The van der Waals surface area contributed by atoms with Gasteiger partial charge in [-0.1, -0.05) is 79.1 Å². The molecule has 0 bridgehead atoms. The molecule has 3 atom stereocenters. The molecular weight excluding hydrogens is 377 g/mol. The summed E-state index contributed by atoms with van der Waals surface area (Å²) in [6, 6.07) is 20.2. The molecule has 0 aliphatic heterocycles. The lowest BCUT2D eigenvalue weighted by Crippen LogP contribution is -2.39. The molecular formula is C22H19FO2P2. The van der Waals surface area contributed by atoms with E-state index in [9.17, 15) is 9.90 Å². The van der Waals surface area contributed by atoms with Crippen molar-refractivity contribution in [3.05, 3.63) is 83.4 Å². The highest BCUT2D eigenvalue weighted by Crippen LogP contribution is 2.58. The Morgan fingerprint density at radius 2 is 1.52 bits per heavy atom. The first-order valence-electron chi connectivity index (χ1n) is 8.59. The third-order valence-corrected chi connectivity index (χ3v) is 6.02. The van der Waals surface area contributed by atoms with E-state index in [0.717, 1.165) is 22.3 Å². The van der Waals surface area contributed by atoms with Crippen LogP contribution >= 0.6 is 18.5 Å². The predicted molar refractivity (Wildman–Crippen MR) is 114 cm³/mol. The third-order valence-electron chi connectivity index (χ3n) is 5.19. The maximum Gasteiger partial charge on any atom is 0.172 e. The number of halogens is 1. The van der Waals surface area contributed by atoms with Gasteiger partial charge in [-0.3, -0.25) is 4.79 Å². The van der Waals surface area contributed by atoms with E-state index < -0.39 is 10.8 Å². The number of benzene rings is 3. The zero-order valence-corrected chi connectivity index (χ0v) is 17.0. The van der Waals surface area contributed by atoms with Crippen molar-refractivity contribution in [3.63, 3.8) is 0 Å². The lowest BCUT2D eigenvalue weighted by atomic mass is 9.89. The van der Waals surface area contributed by atoms with Gasteiger partial charge >= 0.3 is 0 Å². The van der Waals surface area contributed by atoms with Crippen molar-refractivity contribution in [2.45, 2.75) is 17.7 Å². The standard InChI is InChI=1S/C22H19FO2P2/c1-13(24)15-6-2-3-7-16(15)14-10-11-18-17-8-4-5-9-19(17)21(25,20(18)12-14)22(23,26)27/h2-12,25H,26-27H2,1H3. The summed E-state index contributed by atoms with van der Waals surface area (Å²) in [5, 5.41) is 9.45. The van der Waals surface area contributed by atoms with Crippen molar-refractivity contribution in [1.29, 1.82) is 0 Å². The fourth-order valence-electron chi connectivity index (χ4n) is 3.88. The fourth-order valence-corrected chi connectivity index (χ4v) is 4.50. The van der Waals surface area contributed by atoms with Crippen LogP contribution in [0.25, 0.3) is 22.3 Å². The molecule has 0 saturated carbocycles.